The number of para-hydroxylation sites is 2. The molecule has 0 atom stereocenters. The van der Waals surface area contributed by atoms with Crippen LogP contribution in [0.5, 0.6) is 0 Å². The van der Waals surface area contributed by atoms with Crippen molar-refractivity contribution in [3.8, 4) is 84.6 Å². The molecule has 4 heterocycles. The first-order chi connectivity index (χ1) is 42.6. The third-order valence-corrected chi connectivity index (χ3v) is 19.3. The molecule has 0 bridgehead atoms. The highest BCUT2D eigenvalue weighted by atomic mass is 15.2. The van der Waals surface area contributed by atoms with Crippen LogP contribution in [0, 0.1) is 0 Å². The lowest BCUT2D eigenvalue weighted by molar-refractivity contribution is 0.660. The number of hydrogen-bond donors (Lipinski definition) is 0. The van der Waals surface area contributed by atoms with Crippen molar-refractivity contribution in [2.75, 3.05) is 0 Å². The van der Waals surface area contributed by atoms with Gasteiger partial charge in [-0.25, -0.2) is 4.98 Å². The van der Waals surface area contributed by atoms with E-state index in [2.05, 4.69) is 272 Å². The zero-order valence-corrected chi connectivity index (χ0v) is 48.6. The third-order valence-electron chi connectivity index (χ3n) is 19.3. The molecule has 0 radical (unpaired) electrons. The minimum Gasteiger partial charge on any atom is -0.309 e. The maximum atomic E-state index is 5.34. The average molecular weight is 1110 g/mol. The highest BCUT2D eigenvalue weighted by molar-refractivity contribution is 6.14. The van der Waals surface area contributed by atoms with Crippen LogP contribution in [0.25, 0.3) is 150 Å². The van der Waals surface area contributed by atoms with Gasteiger partial charge in [0.15, 0.2) is 11.6 Å². The third kappa shape index (κ3) is 7.25. The SMILES string of the molecule is CC1(C)c2ccccc2-c2ccc(-n3c4ccccc4c4ccc(-c5ccc6c(c5)c5cc(-c7ccc8c9ccccc9n(-c9ccc%10c(c9)C(C)(C)c9ccccc9-%10)c8c7)ccc5n6-c5nc(-c6ccccc6)nc(-c6ccccc6)n5)cc43)cc21. The lowest BCUT2D eigenvalue weighted by Crippen LogP contribution is -2.15. The first-order valence-electron chi connectivity index (χ1n) is 30.2. The van der Waals surface area contributed by atoms with Gasteiger partial charge in [-0.3, -0.25) is 4.57 Å². The van der Waals surface area contributed by atoms with Crippen molar-refractivity contribution in [1.29, 1.82) is 0 Å². The van der Waals surface area contributed by atoms with Gasteiger partial charge in [0, 0.05) is 65.6 Å². The molecular formula is C81H56N6. The minimum atomic E-state index is -0.130. The predicted molar refractivity (Wildman–Crippen MR) is 360 cm³/mol. The first kappa shape index (κ1) is 49.5. The fourth-order valence-electron chi connectivity index (χ4n) is 15.0. The molecule has 0 saturated carbocycles. The maximum Gasteiger partial charge on any atom is 0.238 e. The molecule has 2 aliphatic carbocycles. The molecule has 410 valence electrons. The van der Waals surface area contributed by atoms with Crippen molar-refractivity contribution >= 4 is 65.4 Å². The Morgan fingerprint density at radius 2 is 0.609 bits per heavy atom. The van der Waals surface area contributed by atoms with Gasteiger partial charge in [-0.1, -0.05) is 222 Å². The highest BCUT2D eigenvalue weighted by Gasteiger charge is 2.37. The number of hydrogen-bond acceptors (Lipinski definition) is 3. The Balaban J connectivity index is 0.838. The molecular weight excluding hydrogens is 1060 g/mol. The summed E-state index contributed by atoms with van der Waals surface area (Å²) in [6.07, 6.45) is 0. The van der Waals surface area contributed by atoms with Crippen LogP contribution in [0.3, 0.4) is 0 Å². The molecule has 0 N–H and O–H groups in total. The topological polar surface area (TPSA) is 53.5 Å². The van der Waals surface area contributed by atoms with E-state index in [1.54, 1.807) is 0 Å². The van der Waals surface area contributed by atoms with Crippen LogP contribution in [0.4, 0.5) is 0 Å². The van der Waals surface area contributed by atoms with E-state index in [4.69, 9.17) is 15.0 Å². The molecule has 16 aromatic rings. The first-order valence-corrected chi connectivity index (χ1v) is 30.2. The molecule has 4 aromatic heterocycles. The molecule has 0 amide bonds. The van der Waals surface area contributed by atoms with E-state index >= 15 is 0 Å². The van der Waals surface area contributed by atoms with Gasteiger partial charge in [0.1, 0.15) is 0 Å². The monoisotopic (exact) mass is 1110 g/mol. The van der Waals surface area contributed by atoms with Crippen LogP contribution in [0.1, 0.15) is 49.9 Å². The number of aromatic nitrogens is 6. The van der Waals surface area contributed by atoms with Gasteiger partial charge in [0.05, 0.1) is 33.1 Å². The Morgan fingerprint density at radius 1 is 0.241 bits per heavy atom. The summed E-state index contributed by atoms with van der Waals surface area (Å²) in [5.41, 5.74) is 25.9. The summed E-state index contributed by atoms with van der Waals surface area (Å²) in [6.45, 7) is 9.45. The van der Waals surface area contributed by atoms with Crippen molar-refractivity contribution in [1.82, 2.24) is 28.7 Å². The Hall–Kier alpha value is -11.0. The maximum absolute atomic E-state index is 5.34. The summed E-state index contributed by atoms with van der Waals surface area (Å²) in [5, 5.41) is 7.11. The molecule has 0 fully saturated rings. The van der Waals surface area contributed by atoms with Crippen molar-refractivity contribution in [3.63, 3.8) is 0 Å². The number of fused-ring (bicyclic) bond motifs is 15. The number of rotatable bonds is 7. The van der Waals surface area contributed by atoms with E-state index in [1.165, 1.54) is 88.1 Å². The fraction of sp³-hybridized carbons (Fsp3) is 0.0741. The van der Waals surface area contributed by atoms with Gasteiger partial charge in [0.25, 0.3) is 0 Å². The van der Waals surface area contributed by atoms with Crippen LogP contribution in [-0.2, 0) is 10.8 Å². The highest BCUT2D eigenvalue weighted by Crippen LogP contribution is 2.52. The molecule has 12 aromatic carbocycles. The lowest BCUT2D eigenvalue weighted by atomic mass is 9.82. The quantitative estimate of drug-likeness (QED) is 0.160. The van der Waals surface area contributed by atoms with E-state index in [9.17, 15) is 0 Å². The summed E-state index contributed by atoms with van der Waals surface area (Å²) in [7, 11) is 0. The van der Waals surface area contributed by atoms with Crippen molar-refractivity contribution < 1.29 is 0 Å². The zero-order chi connectivity index (χ0) is 57.9. The van der Waals surface area contributed by atoms with Crippen LogP contribution in [-0.4, -0.2) is 28.7 Å². The van der Waals surface area contributed by atoms with Crippen LogP contribution in [0.15, 0.2) is 267 Å². The normalized spacial score (nSPS) is 13.7. The Bertz CT molecular complexity index is 5240. The standard InChI is InChI=1S/C81H56N6/c1-80(2)67-27-15-11-23-57(67)59-39-35-55(47-69(59)80)85-71-29-17-13-25-61(71)63-37-31-53(45-75(63)85)51-33-41-73-65(43-51)66-44-52(34-42-74(66)87(73)79-83-77(49-19-7-5-8-20-49)82-78(84-79)50-21-9-6-10-22-50)54-32-38-64-62-26-14-18-30-72(62)86(76(64)46-54)56-36-40-60-58-24-12-16-28-68(58)81(3,4)70(60)48-56/h5-48H,1-4H3. The number of benzene rings is 12. The summed E-state index contributed by atoms with van der Waals surface area (Å²) >= 11 is 0. The van der Waals surface area contributed by atoms with E-state index in [0.29, 0.717) is 17.6 Å². The van der Waals surface area contributed by atoms with Gasteiger partial charge in [-0.2, -0.15) is 9.97 Å². The van der Waals surface area contributed by atoms with Crippen LogP contribution < -0.4 is 0 Å². The summed E-state index contributed by atoms with van der Waals surface area (Å²) in [4.78, 5) is 15.8. The van der Waals surface area contributed by atoms with Gasteiger partial charge >= 0.3 is 0 Å². The van der Waals surface area contributed by atoms with E-state index in [0.717, 1.165) is 66.6 Å². The van der Waals surface area contributed by atoms with Crippen molar-refractivity contribution in [3.05, 3.63) is 289 Å². The summed E-state index contributed by atoms with van der Waals surface area (Å²) < 4.78 is 7.18. The van der Waals surface area contributed by atoms with Crippen LogP contribution >= 0.6 is 0 Å². The predicted octanol–water partition coefficient (Wildman–Crippen LogP) is 20.4. The second-order valence-corrected chi connectivity index (χ2v) is 24.8. The zero-order valence-electron chi connectivity index (χ0n) is 48.6. The van der Waals surface area contributed by atoms with Gasteiger partial charge < -0.3 is 9.13 Å². The van der Waals surface area contributed by atoms with E-state index < -0.39 is 0 Å². The van der Waals surface area contributed by atoms with E-state index in [-0.39, 0.29) is 10.8 Å². The Kier molecular flexibility index (Phi) is 10.4. The smallest absolute Gasteiger partial charge is 0.238 e. The molecule has 2 aliphatic rings. The van der Waals surface area contributed by atoms with Crippen molar-refractivity contribution in [2.45, 2.75) is 38.5 Å². The molecule has 18 rings (SSSR count). The fourth-order valence-corrected chi connectivity index (χ4v) is 15.0. The summed E-state index contributed by atoms with van der Waals surface area (Å²) in [6, 6.07) is 98.0. The second kappa shape index (κ2) is 18.3. The second-order valence-electron chi connectivity index (χ2n) is 24.8. The molecule has 6 heteroatoms. The van der Waals surface area contributed by atoms with Gasteiger partial charge in [-0.05, 0) is 140 Å². The van der Waals surface area contributed by atoms with Gasteiger partial charge in [-0.15, -0.1) is 0 Å². The lowest BCUT2D eigenvalue weighted by Gasteiger charge is -2.22. The Morgan fingerprint density at radius 3 is 1.08 bits per heavy atom. The minimum absolute atomic E-state index is 0.130. The average Bonchev–Trinajstić information content (AvgIpc) is 1.99. The largest absolute Gasteiger partial charge is 0.309 e. The molecule has 0 spiro atoms. The van der Waals surface area contributed by atoms with E-state index in [1.807, 2.05) is 36.4 Å². The molecule has 0 unspecified atom stereocenters. The Labute approximate surface area is 503 Å². The summed E-state index contributed by atoms with van der Waals surface area (Å²) in [5.74, 6) is 1.78. The van der Waals surface area contributed by atoms with Crippen LogP contribution in [0.2, 0.25) is 0 Å². The van der Waals surface area contributed by atoms with Gasteiger partial charge in [0.2, 0.25) is 5.95 Å². The molecule has 0 aliphatic heterocycles. The molecule has 87 heavy (non-hydrogen) atoms. The molecule has 6 nitrogen and oxygen atoms in total. The molecule has 0 saturated heterocycles. The van der Waals surface area contributed by atoms with Crippen molar-refractivity contribution in [2.24, 2.45) is 0 Å². The number of nitrogens with zero attached hydrogens (tertiary/aromatic N) is 6.